The summed E-state index contributed by atoms with van der Waals surface area (Å²) in [5.41, 5.74) is -2.93. The molecule has 2 aromatic rings. The molecule has 0 atom stereocenters. The van der Waals surface area contributed by atoms with Gasteiger partial charge in [0.15, 0.2) is 0 Å². The van der Waals surface area contributed by atoms with Crippen molar-refractivity contribution in [3.05, 3.63) is 53.1 Å². The minimum atomic E-state index is -4.79. The van der Waals surface area contributed by atoms with Gasteiger partial charge in [0.05, 0.1) is 28.9 Å². The third kappa shape index (κ3) is 7.55. The van der Waals surface area contributed by atoms with Gasteiger partial charge in [-0.2, -0.15) is 31.6 Å². The summed E-state index contributed by atoms with van der Waals surface area (Å²) < 4.78 is 85.6. The average molecular weight is 602 g/mol. The van der Waals surface area contributed by atoms with E-state index in [-0.39, 0.29) is 30.3 Å². The van der Waals surface area contributed by atoms with Gasteiger partial charge in [0.25, 0.3) is 0 Å². The largest absolute Gasteiger partial charge is 0.418 e. The first kappa shape index (κ1) is 31.2. The topological polar surface area (TPSA) is 112 Å². The molecule has 2 aliphatic rings. The maximum Gasteiger partial charge on any atom is 0.418 e. The van der Waals surface area contributed by atoms with Gasteiger partial charge >= 0.3 is 12.4 Å². The second-order valence-corrected chi connectivity index (χ2v) is 10.2. The van der Waals surface area contributed by atoms with E-state index in [2.05, 4.69) is 5.32 Å². The fourth-order valence-electron chi connectivity index (χ4n) is 5.19. The van der Waals surface area contributed by atoms with Crippen LogP contribution in [0, 0.1) is 11.3 Å². The summed E-state index contributed by atoms with van der Waals surface area (Å²) in [5, 5.41) is 29.6. The molecule has 1 saturated carbocycles. The van der Waals surface area contributed by atoms with Crippen LogP contribution in [0.2, 0.25) is 0 Å². The lowest BCUT2D eigenvalue weighted by Crippen LogP contribution is -2.50. The van der Waals surface area contributed by atoms with E-state index >= 15 is 0 Å². The van der Waals surface area contributed by atoms with Crippen molar-refractivity contribution < 1.29 is 46.3 Å². The van der Waals surface area contributed by atoms with Crippen LogP contribution in [0.4, 0.5) is 43.4 Å². The summed E-state index contributed by atoms with van der Waals surface area (Å²) in [7, 11) is 0. The summed E-state index contributed by atoms with van der Waals surface area (Å²) in [6.45, 7) is 1.06. The molecular formula is C27H29F6N5O4. The Morgan fingerprint density at radius 1 is 0.952 bits per heavy atom. The minimum absolute atomic E-state index is 0.139. The van der Waals surface area contributed by atoms with Crippen molar-refractivity contribution in [3.63, 3.8) is 0 Å². The Morgan fingerprint density at radius 2 is 1.60 bits per heavy atom. The first-order chi connectivity index (χ1) is 19.8. The molecule has 1 aliphatic heterocycles. The molecule has 1 aliphatic carbocycles. The number of piperazine rings is 1. The number of hydrogen-bond donors (Lipinski definition) is 3. The Kier molecular flexibility index (Phi) is 9.39. The van der Waals surface area contributed by atoms with Crippen LogP contribution in [-0.4, -0.2) is 66.2 Å². The summed E-state index contributed by atoms with van der Waals surface area (Å²) in [6, 6.07) is 8.06. The molecule has 3 N–H and O–H groups in total. The van der Waals surface area contributed by atoms with E-state index < -0.39 is 40.0 Å². The summed E-state index contributed by atoms with van der Waals surface area (Å²) in [6.07, 6.45) is -7.35. The van der Waals surface area contributed by atoms with Gasteiger partial charge in [0.1, 0.15) is 12.3 Å². The predicted octanol–water partition coefficient (Wildman–Crippen LogP) is 5.27. The van der Waals surface area contributed by atoms with Gasteiger partial charge in [-0.3, -0.25) is 15.2 Å². The van der Waals surface area contributed by atoms with Crippen molar-refractivity contribution in [2.75, 3.05) is 48.2 Å². The number of nitrogens with one attached hydrogen (secondary N) is 1. The van der Waals surface area contributed by atoms with Gasteiger partial charge in [-0.05, 0) is 62.1 Å². The molecule has 9 nitrogen and oxygen atoms in total. The average Bonchev–Trinajstić information content (AvgIpc) is 2.95. The molecule has 0 unspecified atom stereocenters. The molecule has 4 rings (SSSR count). The van der Waals surface area contributed by atoms with Gasteiger partial charge in [0, 0.05) is 43.6 Å². The molecule has 0 aromatic heterocycles. The normalized spacial score (nSPS) is 19.8. The zero-order valence-electron chi connectivity index (χ0n) is 22.3. The highest BCUT2D eigenvalue weighted by molar-refractivity contribution is 5.77. The first-order valence-corrected chi connectivity index (χ1v) is 13.2. The maximum atomic E-state index is 13.3. The summed E-state index contributed by atoms with van der Waals surface area (Å²) in [5.74, 6) is -0.243. The van der Waals surface area contributed by atoms with E-state index in [0.29, 0.717) is 57.5 Å². The Labute approximate surface area is 237 Å². The number of carbonyl (C=O) groups is 1. The Morgan fingerprint density at radius 3 is 2.17 bits per heavy atom. The number of nitrogens with zero attached hydrogens (tertiary/aromatic N) is 4. The third-order valence-electron chi connectivity index (χ3n) is 7.43. The van der Waals surface area contributed by atoms with Crippen LogP contribution in [0.1, 0.15) is 42.4 Å². The second kappa shape index (κ2) is 12.6. The van der Waals surface area contributed by atoms with Crippen LogP contribution in [0.5, 0.6) is 0 Å². The number of benzene rings is 2. The molecule has 1 heterocycles. The van der Waals surface area contributed by atoms with E-state index in [0.717, 1.165) is 24.3 Å². The molecule has 15 heteroatoms. The third-order valence-corrected chi connectivity index (χ3v) is 7.43. The van der Waals surface area contributed by atoms with E-state index in [1.807, 2.05) is 0 Å². The predicted molar refractivity (Wildman–Crippen MR) is 138 cm³/mol. The smallest absolute Gasteiger partial charge is 0.382 e. The Bertz CT molecular complexity index is 1300. The number of hydrogen-bond acceptors (Lipinski definition) is 8. The molecular weight excluding hydrogens is 572 g/mol. The van der Waals surface area contributed by atoms with Crippen LogP contribution in [0.3, 0.4) is 0 Å². The lowest BCUT2D eigenvalue weighted by molar-refractivity contribution is -0.139. The molecule has 0 bridgehead atoms. The number of ether oxygens (including phenoxy) is 1. The van der Waals surface area contributed by atoms with Crippen molar-refractivity contribution in [1.29, 1.82) is 5.26 Å². The Balaban J connectivity index is 1.22. The number of amides is 1. The van der Waals surface area contributed by atoms with Crippen LogP contribution in [0.15, 0.2) is 36.4 Å². The standard InChI is InChI=1S/C27H29F6N5O4/c28-26(29,30)22-14-20(5-1-17(22)15-34)36-9-11-37(12-10-36)25(39)16-42-21-6-2-18(3-7-21)35-19-4-8-24(38(40)41)23(13-19)27(31,32)33/h1,4-5,8,13-14,18,21,35,40-41H,2-3,6-7,9-12,16H2. The zero-order valence-corrected chi connectivity index (χ0v) is 22.3. The van der Waals surface area contributed by atoms with E-state index in [1.54, 1.807) is 15.9 Å². The van der Waals surface area contributed by atoms with Crippen LogP contribution in [0.25, 0.3) is 0 Å². The van der Waals surface area contributed by atoms with Crippen molar-refractivity contribution in [2.45, 2.75) is 50.2 Å². The maximum absolute atomic E-state index is 13.3. The molecule has 2 aromatic carbocycles. The summed E-state index contributed by atoms with van der Waals surface area (Å²) >= 11 is 0. The first-order valence-electron chi connectivity index (χ1n) is 13.2. The van der Waals surface area contributed by atoms with E-state index in [9.17, 15) is 31.1 Å². The van der Waals surface area contributed by atoms with Gasteiger partial charge in [-0.1, -0.05) is 0 Å². The SMILES string of the molecule is N#Cc1ccc(N2CCN(C(=O)COC3CCC(Nc4ccc(N(O)O)c(C(F)(F)F)c4)CC3)CC2)cc1C(F)(F)F. The second-order valence-electron chi connectivity index (χ2n) is 10.2. The quantitative estimate of drug-likeness (QED) is 0.291. The van der Waals surface area contributed by atoms with Crippen molar-refractivity contribution >= 4 is 23.0 Å². The van der Waals surface area contributed by atoms with Crippen molar-refractivity contribution in [1.82, 2.24) is 4.90 Å². The van der Waals surface area contributed by atoms with E-state index in [4.69, 9.17) is 20.4 Å². The van der Waals surface area contributed by atoms with Gasteiger partial charge < -0.3 is 19.9 Å². The number of carbonyl (C=O) groups excluding carboxylic acids is 1. The highest BCUT2D eigenvalue weighted by Crippen LogP contribution is 2.38. The monoisotopic (exact) mass is 601 g/mol. The number of halogens is 6. The molecule has 228 valence electrons. The fraction of sp³-hybridized carbons (Fsp3) is 0.481. The Hall–Kier alpha value is -3.74. The van der Waals surface area contributed by atoms with Gasteiger partial charge in [-0.25, -0.2) is 0 Å². The molecule has 1 amide bonds. The van der Waals surface area contributed by atoms with Crippen molar-refractivity contribution in [2.24, 2.45) is 0 Å². The van der Waals surface area contributed by atoms with Gasteiger partial charge in [0.2, 0.25) is 5.91 Å². The molecule has 1 saturated heterocycles. The summed E-state index contributed by atoms with van der Waals surface area (Å²) in [4.78, 5) is 16.0. The number of rotatable bonds is 7. The molecule has 2 fully saturated rings. The van der Waals surface area contributed by atoms with Crippen LogP contribution >= 0.6 is 0 Å². The van der Waals surface area contributed by atoms with Crippen LogP contribution in [-0.2, 0) is 21.9 Å². The fourth-order valence-corrected chi connectivity index (χ4v) is 5.19. The molecule has 0 spiro atoms. The lowest BCUT2D eigenvalue weighted by Gasteiger charge is -2.37. The number of anilines is 3. The van der Waals surface area contributed by atoms with E-state index in [1.165, 1.54) is 12.1 Å². The van der Waals surface area contributed by atoms with Crippen molar-refractivity contribution in [3.8, 4) is 6.07 Å². The highest BCUT2D eigenvalue weighted by atomic mass is 19.4. The zero-order chi connectivity index (χ0) is 30.7. The molecule has 42 heavy (non-hydrogen) atoms. The molecule has 0 radical (unpaired) electrons. The number of alkyl halides is 6. The minimum Gasteiger partial charge on any atom is -0.382 e. The lowest BCUT2D eigenvalue weighted by atomic mass is 9.92. The van der Waals surface area contributed by atoms with Gasteiger partial charge in [-0.15, -0.1) is 5.23 Å². The highest BCUT2D eigenvalue weighted by Gasteiger charge is 2.36. The number of nitriles is 1. The van der Waals surface area contributed by atoms with Crippen LogP contribution < -0.4 is 15.4 Å².